The summed E-state index contributed by atoms with van der Waals surface area (Å²) in [5.41, 5.74) is 2.76. The molecule has 1 aliphatic rings. The highest BCUT2D eigenvalue weighted by atomic mass is 16.5. The number of piperazine rings is 1. The van der Waals surface area contributed by atoms with E-state index in [0.29, 0.717) is 12.1 Å². The van der Waals surface area contributed by atoms with Crippen LogP contribution in [-0.4, -0.2) is 48.7 Å². The number of methoxy groups -OCH3 is 1. The third kappa shape index (κ3) is 4.44. The molecule has 0 saturated carbocycles. The lowest BCUT2D eigenvalue weighted by Crippen LogP contribution is -2.58. The van der Waals surface area contributed by atoms with E-state index in [2.05, 4.69) is 77.4 Å². The van der Waals surface area contributed by atoms with Crippen molar-refractivity contribution in [3.8, 4) is 0 Å². The molecule has 0 bridgehead atoms. The fourth-order valence-corrected chi connectivity index (χ4v) is 3.71. The maximum Gasteiger partial charge on any atom is 0.0630 e. The summed E-state index contributed by atoms with van der Waals surface area (Å²) in [4.78, 5) is 5.16. The van der Waals surface area contributed by atoms with Crippen LogP contribution < -0.4 is 0 Å². The van der Waals surface area contributed by atoms with E-state index in [1.807, 2.05) is 7.11 Å². The Bertz CT molecular complexity index is 602. The van der Waals surface area contributed by atoms with Crippen LogP contribution in [0.15, 0.2) is 60.7 Å². The largest absolute Gasteiger partial charge is 0.383 e. The minimum absolute atomic E-state index is 0.433. The molecular weight excluding hydrogens is 296 g/mol. The summed E-state index contributed by atoms with van der Waals surface area (Å²) >= 11 is 0. The van der Waals surface area contributed by atoms with E-state index >= 15 is 0 Å². The molecule has 3 heteroatoms. The standard InChI is InChI=1S/C21H28N2O/c1-18-13-22(14-19-9-5-3-6-10-19)16-21(17-24-2)23(18)15-20-11-7-4-8-12-20/h3-12,18,21H,13-17H2,1-2H3/t18-,21-/m1/s1. The summed E-state index contributed by atoms with van der Waals surface area (Å²) < 4.78 is 5.53. The molecule has 0 radical (unpaired) electrons. The molecule has 0 N–H and O–H groups in total. The van der Waals surface area contributed by atoms with Crippen molar-refractivity contribution in [2.24, 2.45) is 0 Å². The molecule has 0 spiro atoms. The van der Waals surface area contributed by atoms with Gasteiger partial charge in [-0.25, -0.2) is 0 Å². The van der Waals surface area contributed by atoms with E-state index in [9.17, 15) is 0 Å². The number of hydrogen-bond donors (Lipinski definition) is 0. The second-order valence-electron chi connectivity index (χ2n) is 6.80. The summed E-state index contributed by atoms with van der Waals surface area (Å²) in [5.74, 6) is 0. The monoisotopic (exact) mass is 324 g/mol. The van der Waals surface area contributed by atoms with Crippen molar-refractivity contribution in [3.63, 3.8) is 0 Å². The van der Waals surface area contributed by atoms with Gasteiger partial charge in [0, 0.05) is 45.4 Å². The Morgan fingerprint density at radius 1 is 0.875 bits per heavy atom. The molecule has 3 nitrogen and oxygen atoms in total. The summed E-state index contributed by atoms with van der Waals surface area (Å²) in [6.07, 6.45) is 0. The number of rotatable bonds is 6. The van der Waals surface area contributed by atoms with Gasteiger partial charge in [0.25, 0.3) is 0 Å². The van der Waals surface area contributed by atoms with Gasteiger partial charge in [-0.2, -0.15) is 0 Å². The van der Waals surface area contributed by atoms with Gasteiger partial charge in [-0.15, -0.1) is 0 Å². The summed E-state index contributed by atoms with van der Waals surface area (Å²) in [6.45, 7) is 7.28. The lowest BCUT2D eigenvalue weighted by atomic mass is 10.0. The van der Waals surface area contributed by atoms with Crippen LogP contribution >= 0.6 is 0 Å². The first-order valence-corrected chi connectivity index (χ1v) is 8.81. The number of nitrogens with zero attached hydrogens (tertiary/aromatic N) is 2. The van der Waals surface area contributed by atoms with Gasteiger partial charge >= 0.3 is 0 Å². The minimum atomic E-state index is 0.433. The highest BCUT2D eigenvalue weighted by molar-refractivity contribution is 5.16. The van der Waals surface area contributed by atoms with Gasteiger partial charge in [0.1, 0.15) is 0 Å². The summed E-state index contributed by atoms with van der Waals surface area (Å²) in [5, 5.41) is 0. The van der Waals surface area contributed by atoms with Crippen LogP contribution in [0.25, 0.3) is 0 Å². The van der Waals surface area contributed by atoms with Crippen LogP contribution in [0.4, 0.5) is 0 Å². The Kier molecular flexibility index (Phi) is 6.02. The Balaban J connectivity index is 1.68. The first-order chi connectivity index (χ1) is 11.8. The molecule has 0 aliphatic carbocycles. The molecule has 0 aromatic heterocycles. The van der Waals surface area contributed by atoms with E-state index in [-0.39, 0.29) is 0 Å². The molecule has 1 saturated heterocycles. The first-order valence-electron chi connectivity index (χ1n) is 8.81. The maximum atomic E-state index is 5.53. The van der Waals surface area contributed by atoms with Crippen LogP contribution in [0.2, 0.25) is 0 Å². The van der Waals surface area contributed by atoms with Gasteiger partial charge < -0.3 is 4.74 Å². The summed E-state index contributed by atoms with van der Waals surface area (Å²) in [6, 6.07) is 22.5. The highest BCUT2D eigenvalue weighted by Gasteiger charge is 2.31. The smallest absolute Gasteiger partial charge is 0.0630 e. The predicted molar refractivity (Wildman–Crippen MR) is 98.8 cm³/mol. The van der Waals surface area contributed by atoms with Gasteiger partial charge in [0.05, 0.1) is 6.61 Å². The van der Waals surface area contributed by atoms with Crippen molar-refractivity contribution >= 4 is 0 Å². The topological polar surface area (TPSA) is 15.7 Å². The molecular formula is C21H28N2O. The molecule has 128 valence electrons. The van der Waals surface area contributed by atoms with E-state index in [1.165, 1.54) is 11.1 Å². The molecule has 1 aliphatic heterocycles. The molecule has 3 rings (SSSR count). The maximum absolute atomic E-state index is 5.53. The van der Waals surface area contributed by atoms with Crippen molar-refractivity contribution in [1.29, 1.82) is 0 Å². The van der Waals surface area contributed by atoms with E-state index in [1.54, 1.807) is 0 Å². The van der Waals surface area contributed by atoms with E-state index in [4.69, 9.17) is 4.74 Å². The molecule has 0 unspecified atom stereocenters. The van der Waals surface area contributed by atoms with Crippen LogP contribution in [0.3, 0.4) is 0 Å². The Hall–Kier alpha value is -1.68. The zero-order chi connectivity index (χ0) is 16.8. The Morgan fingerprint density at radius 3 is 2.04 bits per heavy atom. The van der Waals surface area contributed by atoms with Crippen LogP contribution in [0, 0.1) is 0 Å². The third-order valence-corrected chi connectivity index (χ3v) is 4.84. The number of benzene rings is 2. The lowest BCUT2D eigenvalue weighted by molar-refractivity contribution is -0.0142. The molecule has 2 aromatic rings. The molecule has 24 heavy (non-hydrogen) atoms. The summed E-state index contributed by atoms with van der Waals surface area (Å²) in [7, 11) is 1.81. The van der Waals surface area contributed by atoms with E-state index < -0.39 is 0 Å². The quantitative estimate of drug-likeness (QED) is 0.810. The van der Waals surface area contributed by atoms with Gasteiger partial charge in [-0.05, 0) is 18.1 Å². The lowest BCUT2D eigenvalue weighted by Gasteiger charge is -2.45. The average Bonchev–Trinajstić information content (AvgIpc) is 2.60. The molecule has 0 amide bonds. The average molecular weight is 324 g/mol. The van der Waals surface area contributed by atoms with Crippen molar-refractivity contribution in [2.45, 2.75) is 32.1 Å². The molecule has 1 heterocycles. The van der Waals surface area contributed by atoms with Gasteiger partial charge in [0.2, 0.25) is 0 Å². The number of ether oxygens (including phenoxy) is 1. The zero-order valence-corrected chi connectivity index (χ0v) is 14.8. The molecule has 1 fully saturated rings. The zero-order valence-electron chi connectivity index (χ0n) is 14.8. The Morgan fingerprint density at radius 2 is 1.46 bits per heavy atom. The molecule has 2 atom stereocenters. The SMILES string of the molecule is COC[C@H]1CN(Cc2ccccc2)C[C@@H](C)N1Cc1ccccc1. The van der Waals surface area contributed by atoms with Crippen LogP contribution in [0.1, 0.15) is 18.1 Å². The normalized spacial score (nSPS) is 22.6. The van der Waals surface area contributed by atoms with Gasteiger partial charge in [0.15, 0.2) is 0 Å². The molecule has 2 aromatic carbocycles. The van der Waals surface area contributed by atoms with Crippen molar-refractivity contribution < 1.29 is 4.74 Å². The highest BCUT2D eigenvalue weighted by Crippen LogP contribution is 2.21. The van der Waals surface area contributed by atoms with Gasteiger partial charge in [-0.3, -0.25) is 9.80 Å². The van der Waals surface area contributed by atoms with Crippen molar-refractivity contribution in [2.75, 3.05) is 26.8 Å². The first kappa shape index (κ1) is 17.2. The van der Waals surface area contributed by atoms with Crippen LogP contribution in [0.5, 0.6) is 0 Å². The minimum Gasteiger partial charge on any atom is -0.383 e. The Labute approximate surface area is 145 Å². The third-order valence-electron chi connectivity index (χ3n) is 4.84. The second kappa shape index (κ2) is 8.43. The van der Waals surface area contributed by atoms with Crippen molar-refractivity contribution in [3.05, 3.63) is 71.8 Å². The fraction of sp³-hybridized carbons (Fsp3) is 0.429. The number of hydrogen-bond acceptors (Lipinski definition) is 3. The van der Waals surface area contributed by atoms with Crippen molar-refractivity contribution in [1.82, 2.24) is 9.80 Å². The second-order valence-corrected chi connectivity index (χ2v) is 6.80. The predicted octanol–water partition coefficient (Wildman–Crippen LogP) is 3.41. The van der Waals surface area contributed by atoms with Crippen LogP contribution in [-0.2, 0) is 17.8 Å². The van der Waals surface area contributed by atoms with E-state index in [0.717, 1.165) is 32.8 Å². The fourth-order valence-electron chi connectivity index (χ4n) is 3.71. The van der Waals surface area contributed by atoms with Gasteiger partial charge in [-0.1, -0.05) is 60.7 Å².